The summed E-state index contributed by atoms with van der Waals surface area (Å²) in [6.45, 7) is 7.80. The largest absolute Gasteiger partial charge is 0.329 e. The molecule has 114 valence electrons. The Morgan fingerprint density at radius 1 is 1.16 bits per heavy atom. The van der Waals surface area contributed by atoms with Crippen LogP contribution in [0, 0.1) is 5.92 Å². The molecule has 2 unspecified atom stereocenters. The molecule has 19 heavy (non-hydrogen) atoms. The minimum atomic E-state index is 0.227. The average Bonchev–Trinajstić information content (AvgIpc) is 2.72. The SMILES string of the molecule is CCC(C)CC(CC)(CN)N(C)C1CCCCCC1. The van der Waals surface area contributed by atoms with E-state index in [-0.39, 0.29) is 5.54 Å². The van der Waals surface area contributed by atoms with Crippen LogP contribution in [-0.4, -0.2) is 30.1 Å². The van der Waals surface area contributed by atoms with Crippen molar-refractivity contribution in [3.63, 3.8) is 0 Å². The number of nitrogens with two attached hydrogens (primary N) is 1. The average molecular weight is 268 g/mol. The van der Waals surface area contributed by atoms with Gasteiger partial charge in [-0.1, -0.05) is 52.9 Å². The first kappa shape index (κ1) is 17.0. The maximum atomic E-state index is 6.23. The maximum Gasteiger partial charge on any atom is 0.0331 e. The van der Waals surface area contributed by atoms with Gasteiger partial charge in [0.2, 0.25) is 0 Å². The smallest absolute Gasteiger partial charge is 0.0331 e. The van der Waals surface area contributed by atoms with Crippen molar-refractivity contribution in [2.45, 2.75) is 90.1 Å². The first-order valence-electron chi connectivity index (χ1n) is 8.52. The fourth-order valence-electron chi connectivity index (χ4n) is 3.73. The topological polar surface area (TPSA) is 29.3 Å². The number of likely N-dealkylation sites (N-methyl/N-ethyl adjacent to an activating group) is 1. The second-order valence-corrected chi connectivity index (χ2v) is 6.76. The zero-order valence-electron chi connectivity index (χ0n) is 13.8. The quantitative estimate of drug-likeness (QED) is 0.702. The lowest BCUT2D eigenvalue weighted by molar-refractivity contribution is 0.0448. The monoisotopic (exact) mass is 268 g/mol. The molecule has 0 radical (unpaired) electrons. The number of rotatable bonds is 7. The van der Waals surface area contributed by atoms with Crippen molar-refractivity contribution in [1.29, 1.82) is 0 Å². The van der Waals surface area contributed by atoms with Crippen molar-refractivity contribution in [1.82, 2.24) is 4.90 Å². The molecule has 0 aromatic carbocycles. The summed E-state index contributed by atoms with van der Waals surface area (Å²) < 4.78 is 0. The highest BCUT2D eigenvalue weighted by Crippen LogP contribution is 2.33. The van der Waals surface area contributed by atoms with E-state index in [4.69, 9.17) is 5.73 Å². The van der Waals surface area contributed by atoms with Crippen LogP contribution in [0.1, 0.15) is 78.6 Å². The third-order valence-electron chi connectivity index (χ3n) is 5.58. The van der Waals surface area contributed by atoms with E-state index in [9.17, 15) is 0 Å². The molecular weight excluding hydrogens is 232 g/mol. The van der Waals surface area contributed by atoms with Gasteiger partial charge in [0.25, 0.3) is 0 Å². The maximum absolute atomic E-state index is 6.23. The Kier molecular flexibility index (Phi) is 7.38. The second-order valence-electron chi connectivity index (χ2n) is 6.76. The summed E-state index contributed by atoms with van der Waals surface area (Å²) in [4.78, 5) is 2.67. The molecule has 1 aliphatic rings. The molecule has 2 heteroatoms. The molecule has 0 spiro atoms. The molecule has 0 aliphatic heterocycles. The Balaban J connectivity index is 2.77. The molecule has 0 amide bonds. The Morgan fingerprint density at radius 3 is 2.16 bits per heavy atom. The van der Waals surface area contributed by atoms with Crippen LogP contribution in [-0.2, 0) is 0 Å². The highest BCUT2D eigenvalue weighted by Gasteiger charge is 2.36. The summed E-state index contributed by atoms with van der Waals surface area (Å²) in [6, 6.07) is 0.759. The Labute approximate surface area is 121 Å². The van der Waals surface area contributed by atoms with Crippen molar-refractivity contribution in [3.05, 3.63) is 0 Å². The predicted molar refractivity (Wildman–Crippen MR) is 85.4 cm³/mol. The van der Waals surface area contributed by atoms with Crippen molar-refractivity contribution >= 4 is 0 Å². The molecule has 1 fully saturated rings. The molecule has 1 rings (SSSR count). The molecule has 2 N–H and O–H groups in total. The molecule has 0 aromatic rings. The van der Waals surface area contributed by atoms with E-state index in [1.165, 1.54) is 57.8 Å². The van der Waals surface area contributed by atoms with Crippen molar-refractivity contribution in [2.75, 3.05) is 13.6 Å². The summed E-state index contributed by atoms with van der Waals surface area (Å²) in [6.07, 6.45) is 12.1. The minimum absolute atomic E-state index is 0.227. The van der Waals surface area contributed by atoms with Gasteiger partial charge in [0.05, 0.1) is 0 Å². The summed E-state index contributed by atoms with van der Waals surface area (Å²) in [5.41, 5.74) is 6.45. The lowest BCUT2D eigenvalue weighted by Crippen LogP contribution is -2.56. The van der Waals surface area contributed by atoms with E-state index in [2.05, 4.69) is 32.7 Å². The Bertz CT molecular complexity index is 227. The fraction of sp³-hybridized carbons (Fsp3) is 1.00. The normalized spacial score (nSPS) is 23.1. The molecule has 1 saturated carbocycles. The molecule has 0 bridgehead atoms. The van der Waals surface area contributed by atoms with E-state index in [1.807, 2.05) is 0 Å². The molecular formula is C17H36N2. The standard InChI is InChI=1S/C17H36N2/c1-5-15(3)13-17(6-2,14-18)19(4)16-11-9-7-8-10-12-16/h15-16H,5-14,18H2,1-4H3. The third kappa shape index (κ3) is 4.46. The van der Waals surface area contributed by atoms with Crippen LogP contribution in [0.4, 0.5) is 0 Å². The van der Waals surface area contributed by atoms with Gasteiger partial charge in [0.1, 0.15) is 0 Å². The van der Waals surface area contributed by atoms with E-state index < -0.39 is 0 Å². The zero-order valence-corrected chi connectivity index (χ0v) is 13.8. The van der Waals surface area contributed by atoms with Gasteiger partial charge in [0, 0.05) is 18.1 Å². The lowest BCUT2D eigenvalue weighted by atomic mass is 9.82. The Hall–Kier alpha value is -0.0800. The van der Waals surface area contributed by atoms with E-state index >= 15 is 0 Å². The van der Waals surface area contributed by atoms with Gasteiger partial charge >= 0.3 is 0 Å². The van der Waals surface area contributed by atoms with Gasteiger partial charge < -0.3 is 5.73 Å². The summed E-state index contributed by atoms with van der Waals surface area (Å²) in [5.74, 6) is 0.775. The van der Waals surface area contributed by atoms with E-state index in [0.717, 1.165) is 18.5 Å². The number of nitrogens with zero attached hydrogens (tertiary/aromatic N) is 1. The van der Waals surface area contributed by atoms with Crippen LogP contribution in [0.25, 0.3) is 0 Å². The first-order valence-corrected chi connectivity index (χ1v) is 8.52. The van der Waals surface area contributed by atoms with Crippen LogP contribution >= 0.6 is 0 Å². The van der Waals surface area contributed by atoms with Gasteiger partial charge in [-0.25, -0.2) is 0 Å². The highest BCUT2D eigenvalue weighted by molar-refractivity contribution is 4.93. The molecule has 0 heterocycles. The highest BCUT2D eigenvalue weighted by atomic mass is 15.2. The molecule has 0 aromatic heterocycles. The zero-order chi connectivity index (χ0) is 14.3. The molecule has 0 saturated heterocycles. The van der Waals surface area contributed by atoms with Gasteiger partial charge in [-0.05, 0) is 38.6 Å². The summed E-state index contributed by atoms with van der Waals surface area (Å²) in [5, 5.41) is 0. The first-order chi connectivity index (χ1) is 9.09. The Morgan fingerprint density at radius 2 is 1.74 bits per heavy atom. The lowest BCUT2D eigenvalue weighted by Gasteiger charge is -2.46. The van der Waals surface area contributed by atoms with Crippen LogP contribution in [0.3, 0.4) is 0 Å². The van der Waals surface area contributed by atoms with Crippen LogP contribution in [0.2, 0.25) is 0 Å². The van der Waals surface area contributed by atoms with Crippen LogP contribution in [0.15, 0.2) is 0 Å². The summed E-state index contributed by atoms with van der Waals surface area (Å²) in [7, 11) is 2.34. The molecule has 1 aliphatic carbocycles. The van der Waals surface area contributed by atoms with Gasteiger partial charge in [-0.3, -0.25) is 4.90 Å². The van der Waals surface area contributed by atoms with Gasteiger partial charge in [0.15, 0.2) is 0 Å². The fourth-order valence-corrected chi connectivity index (χ4v) is 3.73. The third-order valence-corrected chi connectivity index (χ3v) is 5.58. The number of hydrogen-bond donors (Lipinski definition) is 1. The predicted octanol–water partition coefficient (Wildman–Crippen LogP) is 4.18. The van der Waals surface area contributed by atoms with Crippen molar-refractivity contribution in [3.8, 4) is 0 Å². The number of hydrogen-bond acceptors (Lipinski definition) is 2. The van der Waals surface area contributed by atoms with E-state index in [0.29, 0.717) is 0 Å². The van der Waals surface area contributed by atoms with Crippen LogP contribution in [0.5, 0.6) is 0 Å². The van der Waals surface area contributed by atoms with Gasteiger partial charge in [-0.15, -0.1) is 0 Å². The molecule has 2 atom stereocenters. The van der Waals surface area contributed by atoms with Gasteiger partial charge in [-0.2, -0.15) is 0 Å². The molecule has 2 nitrogen and oxygen atoms in total. The van der Waals surface area contributed by atoms with Crippen molar-refractivity contribution in [2.24, 2.45) is 11.7 Å². The van der Waals surface area contributed by atoms with E-state index in [1.54, 1.807) is 0 Å². The second kappa shape index (κ2) is 8.26. The van der Waals surface area contributed by atoms with Crippen LogP contribution < -0.4 is 5.73 Å². The summed E-state index contributed by atoms with van der Waals surface area (Å²) >= 11 is 0. The van der Waals surface area contributed by atoms with Crippen molar-refractivity contribution < 1.29 is 0 Å². The minimum Gasteiger partial charge on any atom is -0.329 e.